The smallest absolute Gasteiger partial charge is 0.262 e. The summed E-state index contributed by atoms with van der Waals surface area (Å²) in [5.74, 6) is -0.615. The number of nitrogens with zero attached hydrogens (tertiary/aromatic N) is 2. The summed E-state index contributed by atoms with van der Waals surface area (Å²) in [6, 6.07) is 3.23. The lowest BCUT2D eigenvalue weighted by atomic mass is 10.2. The summed E-state index contributed by atoms with van der Waals surface area (Å²) in [7, 11) is 1.44. The van der Waals surface area contributed by atoms with Gasteiger partial charge in [-0.2, -0.15) is 0 Å². The first-order valence-electron chi connectivity index (χ1n) is 5.63. The van der Waals surface area contributed by atoms with Crippen molar-refractivity contribution in [3.05, 3.63) is 35.0 Å². The molecule has 7 nitrogen and oxygen atoms in total. The first kappa shape index (κ1) is 13.9. The van der Waals surface area contributed by atoms with Crippen LogP contribution >= 0.6 is 11.3 Å². The van der Waals surface area contributed by atoms with E-state index in [2.05, 4.69) is 15.3 Å². The topological polar surface area (TPSA) is 107 Å². The SMILES string of the molecule is COc1ncccc1C(=O)Nc1nc(CC(N)=O)cs1. The number of anilines is 1. The van der Waals surface area contributed by atoms with Crippen LogP contribution in [0.25, 0.3) is 0 Å². The summed E-state index contributed by atoms with van der Waals surface area (Å²) in [4.78, 5) is 30.9. The number of pyridine rings is 1. The summed E-state index contributed by atoms with van der Waals surface area (Å²) in [5.41, 5.74) is 5.91. The van der Waals surface area contributed by atoms with E-state index in [4.69, 9.17) is 10.5 Å². The molecule has 0 aliphatic carbocycles. The zero-order valence-corrected chi connectivity index (χ0v) is 11.4. The van der Waals surface area contributed by atoms with E-state index < -0.39 is 5.91 Å². The molecule has 104 valence electrons. The Labute approximate surface area is 118 Å². The predicted molar refractivity (Wildman–Crippen MR) is 73.8 cm³/mol. The fourth-order valence-electron chi connectivity index (χ4n) is 1.51. The standard InChI is InChI=1S/C12H12N4O3S/c1-19-11-8(3-2-4-14-11)10(18)16-12-15-7(6-20-12)5-9(13)17/h2-4,6H,5H2,1H3,(H2,13,17)(H,15,16,18). The number of primary amides is 1. The highest BCUT2D eigenvalue weighted by atomic mass is 32.1. The van der Waals surface area contributed by atoms with Crippen LogP contribution in [0.4, 0.5) is 5.13 Å². The van der Waals surface area contributed by atoms with E-state index in [0.717, 1.165) is 0 Å². The van der Waals surface area contributed by atoms with Gasteiger partial charge in [0.1, 0.15) is 5.56 Å². The second-order valence-corrected chi connectivity index (χ2v) is 4.66. The van der Waals surface area contributed by atoms with E-state index in [1.165, 1.54) is 24.6 Å². The third-order valence-corrected chi connectivity index (χ3v) is 3.14. The third kappa shape index (κ3) is 3.29. The molecule has 0 aliphatic heterocycles. The zero-order chi connectivity index (χ0) is 14.5. The number of thiazole rings is 1. The van der Waals surface area contributed by atoms with Crippen LogP contribution in [0, 0.1) is 0 Å². The van der Waals surface area contributed by atoms with Gasteiger partial charge in [0, 0.05) is 11.6 Å². The monoisotopic (exact) mass is 292 g/mol. The fraction of sp³-hybridized carbons (Fsp3) is 0.167. The molecule has 2 heterocycles. The maximum Gasteiger partial charge on any atom is 0.262 e. The number of hydrogen-bond donors (Lipinski definition) is 2. The Morgan fingerprint density at radius 3 is 3.00 bits per heavy atom. The molecule has 0 bridgehead atoms. The molecule has 0 saturated carbocycles. The average Bonchev–Trinajstić information content (AvgIpc) is 2.85. The number of methoxy groups -OCH3 is 1. The maximum atomic E-state index is 12.1. The van der Waals surface area contributed by atoms with Crippen LogP contribution in [0.5, 0.6) is 5.88 Å². The minimum Gasteiger partial charge on any atom is -0.480 e. The van der Waals surface area contributed by atoms with Gasteiger partial charge in [-0.05, 0) is 12.1 Å². The van der Waals surface area contributed by atoms with E-state index in [1.807, 2.05) is 0 Å². The lowest BCUT2D eigenvalue weighted by Gasteiger charge is -2.05. The van der Waals surface area contributed by atoms with Gasteiger partial charge in [0.05, 0.1) is 19.2 Å². The molecule has 0 spiro atoms. The van der Waals surface area contributed by atoms with Crippen molar-refractivity contribution in [3.8, 4) is 5.88 Å². The summed E-state index contributed by atoms with van der Waals surface area (Å²) >= 11 is 1.22. The number of nitrogens with one attached hydrogen (secondary N) is 1. The van der Waals surface area contributed by atoms with Gasteiger partial charge in [0.15, 0.2) is 5.13 Å². The molecule has 0 unspecified atom stereocenters. The lowest BCUT2D eigenvalue weighted by molar-refractivity contribution is -0.117. The molecule has 0 saturated heterocycles. The number of rotatable bonds is 5. The molecule has 3 N–H and O–H groups in total. The zero-order valence-electron chi connectivity index (χ0n) is 10.6. The molecule has 0 atom stereocenters. The molecule has 20 heavy (non-hydrogen) atoms. The minimum atomic E-state index is -0.470. The van der Waals surface area contributed by atoms with Crippen LogP contribution in [0.2, 0.25) is 0 Å². The third-order valence-electron chi connectivity index (χ3n) is 2.34. The van der Waals surface area contributed by atoms with Crippen LogP contribution in [-0.2, 0) is 11.2 Å². The highest BCUT2D eigenvalue weighted by Crippen LogP contribution is 2.19. The van der Waals surface area contributed by atoms with E-state index in [9.17, 15) is 9.59 Å². The molecular formula is C12H12N4O3S. The van der Waals surface area contributed by atoms with Crippen LogP contribution in [0.15, 0.2) is 23.7 Å². The minimum absolute atomic E-state index is 0.0442. The van der Waals surface area contributed by atoms with Crippen molar-refractivity contribution < 1.29 is 14.3 Å². The number of carbonyl (C=O) groups is 2. The van der Waals surface area contributed by atoms with E-state index in [1.54, 1.807) is 17.5 Å². The van der Waals surface area contributed by atoms with Crippen LogP contribution in [0.1, 0.15) is 16.1 Å². The molecule has 2 aromatic rings. The Hall–Kier alpha value is -2.48. The molecule has 0 aromatic carbocycles. The number of amides is 2. The highest BCUT2D eigenvalue weighted by Gasteiger charge is 2.14. The predicted octanol–water partition coefficient (Wildman–Crippen LogP) is 0.827. The fourth-order valence-corrected chi connectivity index (χ4v) is 2.22. The molecule has 0 radical (unpaired) electrons. The van der Waals surface area contributed by atoms with Crippen molar-refractivity contribution in [3.63, 3.8) is 0 Å². The van der Waals surface area contributed by atoms with Gasteiger partial charge in [0.2, 0.25) is 11.8 Å². The van der Waals surface area contributed by atoms with Crippen LogP contribution < -0.4 is 15.8 Å². The normalized spacial score (nSPS) is 10.1. The van der Waals surface area contributed by atoms with Gasteiger partial charge in [-0.25, -0.2) is 9.97 Å². The molecule has 2 aromatic heterocycles. The maximum absolute atomic E-state index is 12.1. The highest BCUT2D eigenvalue weighted by molar-refractivity contribution is 7.14. The van der Waals surface area contributed by atoms with E-state index >= 15 is 0 Å². The Morgan fingerprint density at radius 2 is 2.30 bits per heavy atom. The number of aromatic nitrogens is 2. The largest absolute Gasteiger partial charge is 0.480 e. The summed E-state index contributed by atoms with van der Waals surface area (Å²) < 4.78 is 5.01. The average molecular weight is 292 g/mol. The number of carbonyl (C=O) groups excluding carboxylic acids is 2. The molecule has 0 fully saturated rings. The molecule has 2 amide bonds. The lowest BCUT2D eigenvalue weighted by Crippen LogP contribution is -2.15. The summed E-state index contributed by atoms with van der Waals surface area (Å²) in [6.45, 7) is 0. The van der Waals surface area contributed by atoms with Crippen LogP contribution in [-0.4, -0.2) is 28.9 Å². The number of ether oxygens (including phenoxy) is 1. The molecule has 2 rings (SSSR count). The Balaban J connectivity index is 2.11. The quantitative estimate of drug-likeness (QED) is 0.848. The van der Waals surface area contributed by atoms with Crippen molar-refractivity contribution >= 4 is 28.3 Å². The summed E-state index contributed by atoms with van der Waals surface area (Å²) in [5, 5.41) is 4.68. The van der Waals surface area contributed by atoms with E-state index in [0.29, 0.717) is 16.4 Å². The van der Waals surface area contributed by atoms with Crippen molar-refractivity contribution in [1.29, 1.82) is 0 Å². The van der Waals surface area contributed by atoms with Gasteiger partial charge >= 0.3 is 0 Å². The van der Waals surface area contributed by atoms with Crippen molar-refractivity contribution in [2.45, 2.75) is 6.42 Å². The molecular weight excluding hydrogens is 280 g/mol. The van der Waals surface area contributed by atoms with Crippen molar-refractivity contribution in [1.82, 2.24) is 9.97 Å². The summed E-state index contributed by atoms with van der Waals surface area (Å²) in [6.07, 6.45) is 1.58. The molecule has 8 heteroatoms. The van der Waals surface area contributed by atoms with Gasteiger partial charge in [-0.1, -0.05) is 0 Å². The Bertz CT molecular complexity index is 641. The van der Waals surface area contributed by atoms with Gasteiger partial charge in [-0.15, -0.1) is 11.3 Å². The second kappa shape index (κ2) is 6.11. The van der Waals surface area contributed by atoms with Crippen molar-refractivity contribution in [2.24, 2.45) is 5.73 Å². The number of nitrogens with two attached hydrogens (primary N) is 1. The van der Waals surface area contributed by atoms with E-state index in [-0.39, 0.29) is 18.2 Å². The second-order valence-electron chi connectivity index (χ2n) is 3.80. The van der Waals surface area contributed by atoms with Crippen molar-refractivity contribution in [2.75, 3.05) is 12.4 Å². The van der Waals surface area contributed by atoms with Crippen LogP contribution in [0.3, 0.4) is 0 Å². The van der Waals surface area contributed by atoms with Gasteiger partial charge in [-0.3, -0.25) is 14.9 Å². The Morgan fingerprint density at radius 1 is 1.50 bits per heavy atom. The van der Waals surface area contributed by atoms with Gasteiger partial charge < -0.3 is 10.5 Å². The molecule has 0 aliphatic rings. The van der Waals surface area contributed by atoms with Gasteiger partial charge in [0.25, 0.3) is 5.91 Å². The first-order valence-corrected chi connectivity index (χ1v) is 6.51. The first-order chi connectivity index (χ1) is 9.60. The number of hydrogen-bond acceptors (Lipinski definition) is 6. The Kier molecular flexibility index (Phi) is 4.26.